The van der Waals surface area contributed by atoms with Crippen LogP contribution < -0.4 is 0 Å². The van der Waals surface area contributed by atoms with E-state index in [1.165, 1.54) is 0 Å². The van der Waals surface area contributed by atoms with Crippen molar-refractivity contribution < 1.29 is 0 Å². The molecule has 0 spiro atoms. The average Bonchev–Trinajstić information content (AvgIpc) is 3.66. The van der Waals surface area contributed by atoms with E-state index in [1.54, 1.807) is 0 Å². The van der Waals surface area contributed by atoms with Gasteiger partial charge in [0.1, 0.15) is 5.82 Å². The third-order valence-corrected chi connectivity index (χ3v) is 10.4. The topological polar surface area (TPSA) is 56.5 Å². The zero-order chi connectivity index (χ0) is 36.7. The van der Waals surface area contributed by atoms with Gasteiger partial charge in [0.05, 0.1) is 33.6 Å². The molecule has 0 atom stereocenters. The first-order valence-electron chi connectivity index (χ1n) is 18.7. The molecule has 0 N–H and O–H groups in total. The van der Waals surface area contributed by atoms with Gasteiger partial charge in [0.2, 0.25) is 0 Å². The Bertz CT molecular complexity index is 2910. The fourth-order valence-electron chi connectivity index (χ4n) is 7.66. The lowest BCUT2D eigenvalue weighted by atomic mass is 9.96. The van der Waals surface area contributed by atoms with Gasteiger partial charge in [0.15, 0.2) is 5.82 Å². The minimum atomic E-state index is 0.710. The van der Waals surface area contributed by atoms with Crippen molar-refractivity contribution in [3.05, 3.63) is 188 Å². The molecule has 10 aromatic rings. The molecular weight excluding hydrogens is 671 g/mol. The van der Waals surface area contributed by atoms with E-state index < -0.39 is 0 Å². The zero-order valence-corrected chi connectivity index (χ0v) is 30.3. The molecule has 10 rings (SSSR count). The van der Waals surface area contributed by atoms with E-state index in [0.717, 1.165) is 101 Å². The predicted octanol–water partition coefficient (Wildman–Crippen LogP) is 12.4. The lowest BCUT2D eigenvalue weighted by Gasteiger charge is -2.13. The van der Waals surface area contributed by atoms with Crippen molar-refractivity contribution >= 4 is 32.7 Å². The maximum Gasteiger partial charge on any atom is 0.160 e. The predicted molar refractivity (Wildman–Crippen MR) is 226 cm³/mol. The summed E-state index contributed by atoms with van der Waals surface area (Å²) in [5.41, 5.74) is 13.3. The number of aryl methyl sites for hydroxylation is 1. The van der Waals surface area contributed by atoms with Crippen LogP contribution in [0.4, 0.5) is 0 Å². The summed E-state index contributed by atoms with van der Waals surface area (Å²) in [6.45, 7) is 2.17. The monoisotopic (exact) mass is 705 g/mol. The van der Waals surface area contributed by atoms with Crippen molar-refractivity contribution in [3.63, 3.8) is 0 Å². The van der Waals surface area contributed by atoms with Gasteiger partial charge < -0.3 is 0 Å². The summed E-state index contributed by atoms with van der Waals surface area (Å²) in [5, 5.41) is 3.36. The first kappa shape index (κ1) is 32.4. The first-order valence-corrected chi connectivity index (χ1v) is 18.7. The number of imidazole rings is 1. The molecular formula is C50H35N5. The summed E-state index contributed by atoms with van der Waals surface area (Å²) in [6.07, 6.45) is 0.814. The van der Waals surface area contributed by atoms with Crippen LogP contribution >= 0.6 is 0 Å². The van der Waals surface area contributed by atoms with E-state index in [1.807, 2.05) is 36.4 Å². The van der Waals surface area contributed by atoms with Gasteiger partial charge in [-0.25, -0.2) is 19.9 Å². The number of hydrogen-bond acceptors (Lipinski definition) is 4. The minimum Gasteiger partial charge on any atom is -0.296 e. The van der Waals surface area contributed by atoms with Gasteiger partial charge in [-0.15, -0.1) is 0 Å². The molecule has 0 fully saturated rings. The molecule has 55 heavy (non-hydrogen) atoms. The second-order valence-corrected chi connectivity index (χ2v) is 13.7. The zero-order valence-electron chi connectivity index (χ0n) is 30.3. The number of benzene rings is 7. The van der Waals surface area contributed by atoms with Crippen LogP contribution in [0.25, 0.3) is 94.7 Å². The maximum absolute atomic E-state index is 5.31. The van der Waals surface area contributed by atoms with Crippen molar-refractivity contribution in [2.24, 2.45) is 0 Å². The van der Waals surface area contributed by atoms with Crippen LogP contribution in [0.5, 0.6) is 0 Å². The van der Waals surface area contributed by atoms with Crippen LogP contribution in [0.3, 0.4) is 0 Å². The summed E-state index contributed by atoms with van der Waals surface area (Å²) in [4.78, 5) is 20.6. The Kier molecular flexibility index (Phi) is 8.03. The van der Waals surface area contributed by atoms with E-state index in [0.29, 0.717) is 5.82 Å². The lowest BCUT2D eigenvalue weighted by Crippen LogP contribution is -1.99. The number of pyridine rings is 1. The second kappa shape index (κ2) is 13.6. The Morgan fingerprint density at radius 3 is 1.64 bits per heavy atom. The molecule has 0 amide bonds. The third kappa shape index (κ3) is 5.83. The average molecular weight is 706 g/mol. The highest BCUT2D eigenvalue weighted by Crippen LogP contribution is 2.39. The molecule has 3 heterocycles. The first-order chi connectivity index (χ1) is 27.2. The standard InChI is InChI=1S/C50H35N5/c1-2-46-54-49-45(55(46)39-18-10-5-11-19-39)31-30-41-40-20-12-13-21-42(40)51-48(47(41)49)37-28-24-34(25-29-37)33-22-26-36(27-23-33)44-32-43(35-14-6-3-7-15-35)52-50(53-44)38-16-8-4-9-17-38/h3-32H,2H2,1H3. The van der Waals surface area contributed by atoms with Crippen molar-refractivity contribution in [2.75, 3.05) is 0 Å². The van der Waals surface area contributed by atoms with Crippen molar-refractivity contribution in [1.82, 2.24) is 24.5 Å². The number of para-hydroxylation sites is 2. The molecule has 5 nitrogen and oxygen atoms in total. The molecule has 0 aliphatic heterocycles. The molecule has 5 heteroatoms. The van der Waals surface area contributed by atoms with Gasteiger partial charge in [-0.2, -0.15) is 0 Å². The Balaban J connectivity index is 1.05. The summed E-state index contributed by atoms with van der Waals surface area (Å²) in [5.74, 6) is 1.74. The van der Waals surface area contributed by atoms with E-state index in [-0.39, 0.29) is 0 Å². The Morgan fingerprint density at radius 2 is 0.982 bits per heavy atom. The lowest BCUT2D eigenvalue weighted by molar-refractivity contribution is 0.908. The van der Waals surface area contributed by atoms with Gasteiger partial charge in [-0.3, -0.25) is 4.57 Å². The smallest absolute Gasteiger partial charge is 0.160 e. The number of fused-ring (bicyclic) bond motifs is 5. The molecule has 0 radical (unpaired) electrons. The molecule has 0 aliphatic rings. The van der Waals surface area contributed by atoms with Crippen LogP contribution in [-0.4, -0.2) is 24.5 Å². The van der Waals surface area contributed by atoms with E-state index in [2.05, 4.69) is 157 Å². The number of hydrogen-bond donors (Lipinski definition) is 0. The van der Waals surface area contributed by atoms with Gasteiger partial charge in [-0.1, -0.05) is 159 Å². The Labute approximate surface area is 319 Å². The van der Waals surface area contributed by atoms with Gasteiger partial charge in [-0.05, 0) is 46.8 Å². The normalized spacial score (nSPS) is 11.4. The summed E-state index contributed by atoms with van der Waals surface area (Å²) in [7, 11) is 0. The highest BCUT2D eigenvalue weighted by atomic mass is 15.1. The molecule has 260 valence electrons. The quantitative estimate of drug-likeness (QED) is 0.155. The number of rotatable bonds is 7. The summed E-state index contributed by atoms with van der Waals surface area (Å²) in [6, 6.07) is 63.3. The van der Waals surface area contributed by atoms with Gasteiger partial charge in [0, 0.05) is 45.1 Å². The Morgan fingerprint density at radius 1 is 0.436 bits per heavy atom. The van der Waals surface area contributed by atoms with Crippen LogP contribution in [0.2, 0.25) is 0 Å². The van der Waals surface area contributed by atoms with Crippen LogP contribution in [0.15, 0.2) is 182 Å². The molecule has 0 saturated carbocycles. The highest BCUT2D eigenvalue weighted by molar-refractivity contribution is 6.20. The Hall–Kier alpha value is -7.24. The van der Waals surface area contributed by atoms with Crippen molar-refractivity contribution in [2.45, 2.75) is 13.3 Å². The molecule has 7 aromatic carbocycles. The largest absolute Gasteiger partial charge is 0.296 e. The fraction of sp³-hybridized carbons (Fsp3) is 0.0400. The van der Waals surface area contributed by atoms with Gasteiger partial charge in [0.25, 0.3) is 0 Å². The fourth-order valence-corrected chi connectivity index (χ4v) is 7.66. The van der Waals surface area contributed by atoms with Crippen molar-refractivity contribution in [3.8, 4) is 62.0 Å². The van der Waals surface area contributed by atoms with Crippen molar-refractivity contribution in [1.29, 1.82) is 0 Å². The van der Waals surface area contributed by atoms with E-state index in [9.17, 15) is 0 Å². The summed E-state index contributed by atoms with van der Waals surface area (Å²) < 4.78 is 2.28. The third-order valence-electron chi connectivity index (χ3n) is 10.4. The molecule has 0 bridgehead atoms. The van der Waals surface area contributed by atoms with Gasteiger partial charge >= 0.3 is 0 Å². The minimum absolute atomic E-state index is 0.710. The van der Waals surface area contributed by atoms with E-state index in [4.69, 9.17) is 19.9 Å². The van der Waals surface area contributed by atoms with Crippen LogP contribution in [0, 0.1) is 0 Å². The molecule has 3 aromatic heterocycles. The molecule has 0 aliphatic carbocycles. The molecule has 0 unspecified atom stereocenters. The summed E-state index contributed by atoms with van der Waals surface area (Å²) >= 11 is 0. The number of aromatic nitrogens is 5. The van der Waals surface area contributed by atoms with Crippen LogP contribution in [-0.2, 0) is 6.42 Å². The molecule has 0 saturated heterocycles. The van der Waals surface area contributed by atoms with E-state index >= 15 is 0 Å². The highest BCUT2D eigenvalue weighted by Gasteiger charge is 2.19. The maximum atomic E-state index is 5.31. The number of nitrogens with zero attached hydrogens (tertiary/aromatic N) is 5. The van der Waals surface area contributed by atoms with Crippen LogP contribution in [0.1, 0.15) is 12.7 Å². The second-order valence-electron chi connectivity index (χ2n) is 13.7. The SMILES string of the molecule is CCc1nc2c3c(-c4ccc(-c5ccc(-c6cc(-c7ccccc7)nc(-c7ccccc7)n6)cc5)cc4)nc4ccccc4c3ccc2n1-c1ccccc1.